The summed E-state index contributed by atoms with van der Waals surface area (Å²) >= 11 is 0. The van der Waals surface area contributed by atoms with E-state index in [1.807, 2.05) is 24.3 Å². The van der Waals surface area contributed by atoms with Gasteiger partial charge < -0.3 is 15.0 Å². The zero-order chi connectivity index (χ0) is 16.9. The smallest absolute Gasteiger partial charge is 0.391 e. The Labute approximate surface area is 137 Å². The highest BCUT2D eigenvalue weighted by atomic mass is 19.1. The average molecular weight is 324 g/mol. The molecule has 0 unspecified atom stereocenters. The third-order valence-corrected chi connectivity index (χ3v) is 3.22. The summed E-state index contributed by atoms with van der Waals surface area (Å²) in [6.45, 7) is -0.316. The number of aromatic nitrogens is 3. The number of aryl methyl sites for hydroxylation is 1. The van der Waals surface area contributed by atoms with Gasteiger partial charge in [0, 0.05) is 17.8 Å². The minimum absolute atomic E-state index is 0.0951. The van der Waals surface area contributed by atoms with Crippen LogP contribution < -0.4 is 10.5 Å². The summed E-state index contributed by atoms with van der Waals surface area (Å²) in [6, 6.07) is 10.6. The number of benzene rings is 1. The second kappa shape index (κ2) is 6.79. The van der Waals surface area contributed by atoms with Gasteiger partial charge in [-0.1, -0.05) is 18.1 Å². The molecule has 0 aliphatic carbocycles. The van der Waals surface area contributed by atoms with E-state index in [2.05, 4.69) is 26.5 Å². The number of nitrogens with zero attached hydrogens (tertiary/aromatic N) is 3. The molecule has 0 saturated carbocycles. The molecule has 0 aliphatic rings. The molecule has 6 nitrogen and oxygen atoms in total. The van der Waals surface area contributed by atoms with Gasteiger partial charge >= 0.3 is 6.09 Å². The first-order valence-electron chi connectivity index (χ1n) is 7.14. The number of alkyl halides is 1. The Bertz CT molecular complexity index is 939. The second-order valence-electron chi connectivity index (χ2n) is 4.82. The monoisotopic (exact) mass is 324 g/mol. The van der Waals surface area contributed by atoms with Crippen molar-refractivity contribution >= 4 is 17.1 Å². The number of hydrogen-bond donors (Lipinski definition) is 1. The van der Waals surface area contributed by atoms with Crippen molar-refractivity contribution in [2.75, 3.05) is 6.67 Å². The van der Waals surface area contributed by atoms with Crippen molar-refractivity contribution in [1.82, 2.24) is 14.5 Å². The molecular formula is C17H13FN4O2. The van der Waals surface area contributed by atoms with Gasteiger partial charge in [0.05, 0.1) is 17.6 Å². The Kier molecular flexibility index (Phi) is 4.38. The van der Waals surface area contributed by atoms with Gasteiger partial charge in [0.25, 0.3) is 0 Å². The molecule has 0 bridgehead atoms. The van der Waals surface area contributed by atoms with Gasteiger partial charge in [-0.2, -0.15) is 0 Å². The molecule has 1 amide bonds. The maximum atomic E-state index is 12.8. The number of para-hydroxylation sites is 2. The van der Waals surface area contributed by atoms with Gasteiger partial charge in [0.2, 0.25) is 5.88 Å². The van der Waals surface area contributed by atoms with Crippen LogP contribution in [-0.2, 0) is 6.54 Å². The Morgan fingerprint density at radius 2 is 2.08 bits per heavy atom. The molecule has 24 heavy (non-hydrogen) atoms. The molecule has 1 aromatic carbocycles. The van der Waals surface area contributed by atoms with Crippen LogP contribution in [0, 0.1) is 11.8 Å². The number of nitrogens with two attached hydrogens (primary N) is 1. The quantitative estimate of drug-likeness (QED) is 0.749. The SMILES string of the molecule is NC(=O)Oc1ccc(C#Cc2nc3ccccc3n2CCF)cn1. The number of fused-ring (bicyclic) bond motifs is 1. The summed E-state index contributed by atoms with van der Waals surface area (Å²) < 4.78 is 19.2. The topological polar surface area (TPSA) is 83.0 Å². The molecule has 3 rings (SSSR count). The molecule has 0 radical (unpaired) electrons. The molecule has 7 heteroatoms. The fourth-order valence-corrected chi connectivity index (χ4v) is 2.23. The number of rotatable bonds is 3. The molecule has 3 aromatic rings. The standard InChI is InChI=1S/C17H13FN4O2/c18-9-10-22-14-4-2-1-3-13(14)21-15(22)7-5-12-6-8-16(20-11-12)24-17(19)23/h1-4,6,8,11H,9-10H2,(H2,19,23). The predicted octanol–water partition coefficient (Wildman–Crippen LogP) is 2.26. The van der Waals surface area contributed by atoms with E-state index in [0.717, 1.165) is 11.0 Å². The molecule has 2 heterocycles. The van der Waals surface area contributed by atoms with Crippen LogP contribution in [0.2, 0.25) is 0 Å². The van der Waals surface area contributed by atoms with Crippen LogP contribution in [0.15, 0.2) is 42.6 Å². The third-order valence-electron chi connectivity index (χ3n) is 3.22. The lowest BCUT2D eigenvalue weighted by atomic mass is 10.3. The summed E-state index contributed by atoms with van der Waals surface area (Å²) in [5.41, 5.74) is 7.11. The molecule has 0 spiro atoms. The van der Waals surface area contributed by atoms with Gasteiger partial charge in [0.1, 0.15) is 6.67 Å². The largest absolute Gasteiger partial charge is 0.411 e. The maximum Gasteiger partial charge on any atom is 0.411 e. The summed E-state index contributed by atoms with van der Waals surface area (Å²) in [5, 5.41) is 0. The Balaban J connectivity index is 1.91. The van der Waals surface area contributed by atoms with Crippen molar-refractivity contribution in [3.63, 3.8) is 0 Å². The van der Waals surface area contributed by atoms with Crippen molar-refractivity contribution in [1.29, 1.82) is 0 Å². The molecule has 0 fully saturated rings. The van der Waals surface area contributed by atoms with Crippen molar-refractivity contribution in [3.8, 4) is 17.7 Å². The summed E-state index contributed by atoms with van der Waals surface area (Å²) in [6.07, 6.45) is 0.522. The lowest BCUT2D eigenvalue weighted by molar-refractivity contribution is 0.209. The van der Waals surface area contributed by atoms with E-state index in [4.69, 9.17) is 5.73 Å². The van der Waals surface area contributed by atoms with Gasteiger partial charge in [0.15, 0.2) is 5.82 Å². The molecule has 2 N–H and O–H groups in total. The van der Waals surface area contributed by atoms with Crippen LogP contribution in [0.3, 0.4) is 0 Å². The van der Waals surface area contributed by atoms with Crippen LogP contribution >= 0.6 is 0 Å². The van der Waals surface area contributed by atoms with E-state index < -0.39 is 12.8 Å². The maximum absolute atomic E-state index is 12.8. The number of primary amides is 1. The number of carbonyl (C=O) groups excluding carboxylic acids is 1. The van der Waals surface area contributed by atoms with E-state index in [0.29, 0.717) is 11.4 Å². The fourth-order valence-electron chi connectivity index (χ4n) is 2.23. The van der Waals surface area contributed by atoms with E-state index in [9.17, 15) is 9.18 Å². The van der Waals surface area contributed by atoms with Crippen LogP contribution in [0.1, 0.15) is 11.4 Å². The van der Waals surface area contributed by atoms with Crippen LogP contribution in [0.25, 0.3) is 11.0 Å². The predicted molar refractivity (Wildman–Crippen MR) is 86.1 cm³/mol. The number of halogens is 1. The Morgan fingerprint density at radius 1 is 1.25 bits per heavy atom. The van der Waals surface area contributed by atoms with Gasteiger partial charge in [-0.25, -0.2) is 19.2 Å². The van der Waals surface area contributed by atoms with E-state index in [1.54, 1.807) is 10.6 Å². The number of amides is 1. The van der Waals surface area contributed by atoms with Crippen molar-refractivity contribution in [2.45, 2.75) is 6.54 Å². The summed E-state index contributed by atoms with van der Waals surface area (Å²) in [7, 11) is 0. The van der Waals surface area contributed by atoms with Gasteiger partial charge in [-0.05, 0) is 24.1 Å². The van der Waals surface area contributed by atoms with Crippen LogP contribution in [0.5, 0.6) is 5.88 Å². The number of pyridine rings is 1. The van der Waals surface area contributed by atoms with E-state index >= 15 is 0 Å². The van der Waals surface area contributed by atoms with E-state index in [1.165, 1.54) is 12.3 Å². The van der Waals surface area contributed by atoms with E-state index in [-0.39, 0.29) is 12.4 Å². The van der Waals surface area contributed by atoms with Gasteiger partial charge in [-0.3, -0.25) is 0 Å². The van der Waals surface area contributed by atoms with Crippen molar-refractivity contribution < 1.29 is 13.9 Å². The van der Waals surface area contributed by atoms with Crippen molar-refractivity contribution in [2.24, 2.45) is 5.73 Å². The summed E-state index contributed by atoms with van der Waals surface area (Å²) in [5.74, 6) is 6.41. The lowest BCUT2D eigenvalue weighted by Gasteiger charge is -2.01. The molecule has 2 aromatic heterocycles. The normalized spacial score (nSPS) is 10.2. The van der Waals surface area contributed by atoms with Crippen LogP contribution in [-0.4, -0.2) is 27.3 Å². The zero-order valence-corrected chi connectivity index (χ0v) is 12.6. The minimum atomic E-state index is -0.929. The van der Waals surface area contributed by atoms with Crippen molar-refractivity contribution in [3.05, 3.63) is 54.0 Å². The second-order valence-corrected chi connectivity index (χ2v) is 4.82. The Hall–Kier alpha value is -3.40. The number of imidazole rings is 1. The molecule has 120 valence electrons. The summed E-state index contributed by atoms with van der Waals surface area (Å²) in [4.78, 5) is 19.0. The third kappa shape index (κ3) is 3.33. The first-order chi connectivity index (χ1) is 11.7. The first-order valence-corrected chi connectivity index (χ1v) is 7.14. The lowest BCUT2D eigenvalue weighted by Crippen LogP contribution is -2.16. The van der Waals surface area contributed by atoms with Gasteiger partial charge in [-0.15, -0.1) is 0 Å². The number of ether oxygens (including phenoxy) is 1. The highest BCUT2D eigenvalue weighted by Crippen LogP contribution is 2.15. The Morgan fingerprint density at radius 3 is 2.79 bits per heavy atom. The molecule has 0 aliphatic heterocycles. The highest BCUT2D eigenvalue weighted by Gasteiger charge is 2.08. The minimum Gasteiger partial charge on any atom is -0.391 e. The molecule has 0 saturated heterocycles. The number of hydrogen-bond acceptors (Lipinski definition) is 4. The average Bonchev–Trinajstić information content (AvgIpc) is 2.92. The number of carbonyl (C=O) groups is 1. The highest BCUT2D eigenvalue weighted by molar-refractivity contribution is 5.76. The molecule has 0 atom stereocenters. The van der Waals surface area contributed by atoms with Crippen LogP contribution in [0.4, 0.5) is 9.18 Å². The zero-order valence-electron chi connectivity index (χ0n) is 12.6. The molecular weight excluding hydrogens is 311 g/mol. The fraction of sp³-hybridized carbons (Fsp3) is 0.118. The first kappa shape index (κ1) is 15.5.